The van der Waals surface area contributed by atoms with Crippen molar-refractivity contribution in [1.82, 2.24) is 5.32 Å². The van der Waals surface area contributed by atoms with Gasteiger partial charge in [0.2, 0.25) is 6.79 Å². The maximum absolute atomic E-state index is 5.42. The molecule has 0 aromatic heterocycles. The first-order valence-corrected chi connectivity index (χ1v) is 7.02. The summed E-state index contributed by atoms with van der Waals surface area (Å²) in [5, 5.41) is 3.75. The Morgan fingerprint density at radius 1 is 1.06 bits per heavy atom. The van der Waals surface area contributed by atoms with Gasteiger partial charge in [0.1, 0.15) is 0 Å². The van der Waals surface area contributed by atoms with Gasteiger partial charge in [-0.2, -0.15) is 0 Å². The van der Waals surface area contributed by atoms with E-state index in [1.807, 2.05) is 6.07 Å². The van der Waals surface area contributed by atoms with Crippen LogP contribution in [-0.2, 0) is 6.54 Å². The Morgan fingerprint density at radius 3 is 2.50 bits per heavy atom. The molecule has 1 heterocycles. The van der Waals surface area contributed by atoms with E-state index in [9.17, 15) is 0 Å². The second-order valence-electron chi connectivity index (χ2n) is 5.77. The fourth-order valence-electron chi connectivity index (χ4n) is 2.92. The SMILES string of the molecule is c1cc2c(cc1CNC(C1CC1)C1CC1)OCO2. The van der Waals surface area contributed by atoms with Crippen molar-refractivity contribution in [2.24, 2.45) is 11.8 Å². The zero-order valence-electron chi connectivity index (χ0n) is 10.5. The van der Waals surface area contributed by atoms with Crippen molar-refractivity contribution in [2.75, 3.05) is 6.79 Å². The van der Waals surface area contributed by atoms with E-state index in [-0.39, 0.29) is 0 Å². The molecule has 3 heteroatoms. The van der Waals surface area contributed by atoms with Crippen LogP contribution in [0.3, 0.4) is 0 Å². The largest absolute Gasteiger partial charge is 0.454 e. The first kappa shape index (κ1) is 10.7. The van der Waals surface area contributed by atoms with Gasteiger partial charge in [-0.1, -0.05) is 6.07 Å². The van der Waals surface area contributed by atoms with E-state index in [1.54, 1.807) is 0 Å². The van der Waals surface area contributed by atoms with Crippen LogP contribution in [0.2, 0.25) is 0 Å². The van der Waals surface area contributed by atoms with E-state index in [2.05, 4.69) is 17.4 Å². The molecule has 18 heavy (non-hydrogen) atoms. The van der Waals surface area contributed by atoms with Crippen LogP contribution in [0.1, 0.15) is 31.2 Å². The molecule has 2 aliphatic carbocycles. The number of hydrogen-bond donors (Lipinski definition) is 1. The number of nitrogens with one attached hydrogen (secondary N) is 1. The Labute approximate surface area is 107 Å². The van der Waals surface area contributed by atoms with E-state index in [0.29, 0.717) is 6.79 Å². The van der Waals surface area contributed by atoms with Crippen molar-refractivity contribution < 1.29 is 9.47 Å². The van der Waals surface area contributed by atoms with Gasteiger partial charge in [0.25, 0.3) is 0 Å². The van der Waals surface area contributed by atoms with Gasteiger partial charge in [0, 0.05) is 12.6 Å². The molecule has 1 aliphatic heterocycles. The van der Waals surface area contributed by atoms with Gasteiger partial charge >= 0.3 is 0 Å². The molecule has 1 aromatic carbocycles. The fraction of sp³-hybridized carbons (Fsp3) is 0.600. The van der Waals surface area contributed by atoms with E-state index in [4.69, 9.17) is 9.47 Å². The second-order valence-corrected chi connectivity index (χ2v) is 5.77. The number of fused-ring (bicyclic) bond motifs is 1. The minimum Gasteiger partial charge on any atom is -0.454 e. The number of ether oxygens (including phenoxy) is 2. The highest BCUT2D eigenvalue weighted by Gasteiger charge is 2.40. The molecule has 0 saturated heterocycles. The predicted octanol–water partition coefficient (Wildman–Crippen LogP) is 2.69. The average molecular weight is 245 g/mol. The molecule has 2 fully saturated rings. The molecule has 0 amide bonds. The Balaban J connectivity index is 1.41. The van der Waals surface area contributed by atoms with Gasteiger partial charge in [0.05, 0.1) is 0 Å². The molecule has 0 unspecified atom stereocenters. The van der Waals surface area contributed by atoms with E-state index < -0.39 is 0 Å². The Hall–Kier alpha value is -1.22. The molecule has 1 aromatic rings. The van der Waals surface area contributed by atoms with Crippen LogP contribution in [0.5, 0.6) is 11.5 Å². The molecule has 4 rings (SSSR count). The van der Waals surface area contributed by atoms with Crippen molar-refractivity contribution in [3.05, 3.63) is 23.8 Å². The molecule has 3 nitrogen and oxygen atoms in total. The van der Waals surface area contributed by atoms with Gasteiger partial charge in [-0.3, -0.25) is 0 Å². The van der Waals surface area contributed by atoms with Gasteiger partial charge in [-0.15, -0.1) is 0 Å². The zero-order valence-corrected chi connectivity index (χ0v) is 10.5. The lowest BCUT2D eigenvalue weighted by Crippen LogP contribution is -2.32. The smallest absolute Gasteiger partial charge is 0.231 e. The minimum atomic E-state index is 0.360. The highest BCUT2D eigenvalue weighted by Crippen LogP contribution is 2.44. The van der Waals surface area contributed by atoms with E-state index >= 15 is 0 Å². The van der Waals surface area contributed by atoms with Gasteiger partial charge < -0.3 is 14.8 Å². The van der Waals surface area contributed by atoms with Crippen molar-refractivity contribution in [1.29, 1.82) is 0 Å². The topological polar surface area (TPSA) is 30.5 Å². The normalized spacial score (nSPS) is 21.6. The standard InChI is InChI=1S/C15H19NO2/c1-6-13-14(18-9-17-13)7-10(1)8-16-15(11-2-3-11)12-4-5-12/h1,6-7,11-12,15-16H,2-5,8-9H2. The monoisotopic (exact) mass is 245 g/mol. The van der Waals surface area contributed by atoms with Crippen molar-refractivity contribution in [3.8, 4) is 11.5 Å². The third-order valence-corrected chi connectivity index (χ3v) is 4.24. The first-order valence-electron chi connectivity index (χ1n) is 7.02. The predicted molar refractivity (Wildman–Crippen MR) is 68.6 cm³/mol. The highest BCUT2D eigenvalue weighted by molar-refractivity contribution is 5.44. The van der Waals surface area contributed by atoms with E-state index in [1.165, 1.54) is 31.2 Å². The molecule has 0 atom stereocenters. The summed E-state index contributed by atoms with van der Waals surface area (Å²) in [6, 6.07) is 7.02. The Kier molecular flexibility index (Phi) is 2.47. The van der Waals surface area contributed by atoms with Crippen LogP contribution >= 0.6 is 0 Å². The summed E-state index contributed by atoms with van der Waals surface area (Å²) in [4.78, 5) is 0. The minimum absolute atomic E-state index is 0.360. The van der Waals surface area contributed by atoms with Gasteiger partial charge in [0.15, 0.2) is 11.5 Å². The molecule has 2 saturated carbocycles. The van der Waals surface area contributed by atoms with Crippen LogP contribution in [-0.4, -0.2) is 12.8 Å². The summed E-state index contributed by atoms with van der Waals surface area (Å²) in [7, 11) is 0. The lowest BCUT2D eigenvalue weighted by atomic mass is 10.1. The van der Waals surface area contributed by atoms with Crippen LogP contribution in [0.15, 0.2) is 18.2 Å². The molecule has 3 aliphatic rings. The maximum atomic E-state index is 5.42. The summed E-state index contributed by atoms with van der Waals surface area (Å²) in [5.41, 5.74) is 1.30. The van der Waals surface area contributed by atoms with Crippen molar-refractivity contribution >= 4 is 0 Å². The Morgan fingerprint density at radius 2 is 1.78 bits per heavy atom. The highest BCUT2D eigenvalue weighted by atomic mass is 16.7. The summed E-state index contributed by atoms with van der Waals surface area (Å²) >= 11 is 0. The molecule has 0 radical (unpaired) electrons. The van der Waals surface area contributed by atoms with Crippen molar-refractivity contribution in [2.45, 2.75) is 38.3 Å². The summed E-state index contributed by atoms with van der Waals surface area (Å²) < 4.78 is 10.7. The molecular formula is C15H19NO2. The van der Waals surface area contributed by atoms with E-state index in [0.717, 1.165) is 35.9 Å². The molecular weight excluding hydrogens is 226 g/mol. The summed E-state index contributed by atoms with van der Waals surface area (Å²) in [5.74, 6) is 3.67. The van der Waals surface area contributed by atoms with Crippen molar-refractivity contribution in [3.63, 3.8) is 0 Å². The first-order chi connectivity index (χ1) is 8.90. The third kappa shape index (κ3) is 2.07. The zero-order chi connectivity index (χ0) is 11.9. The molecule has 0 bridgehead atoms. The molecule has 0 spiro atoms. The number of rotatable bonds is 5. The number of hydrogen-bond acceptors (Lipinski definition) is 3. The number of benzene rings is 1. The average Bonchev–Trinajstić information content (AvgIpc) is 3.29. The summed E-state index contributed by atoms with van der Waals surface area (Å²) in [6.07, 6.45) is 5.70. The molecule has 96 valence electrons. The van der Waals surface area contributed by atoms with Crippen LogP contribution < -0.4 is 14.8 Å². The van der Waals surface area contributed by atoms with Crippen LogP contribution in [0, 0.1) is 11.8 Å². The lowest BCUT2D eigenvalue weighted by Gasteiger charge is -2.17. The lowest BCUT2D eigenvalue weighted by molar-refractivity contribution is 0.174. The molecule has 1 N–H and O–H groups in total. The van der Waals surface area contributed by atoms with Gasteiger partial charge in [-0.25, -0.2) is 0 Å². The van der Waals surface area contributed by atoms with Gasteiger partial charge in [-0.05, 0) is 55.2 Å². The summed E-state index contributed by atoms with van der Waals surface area (Å²) in [6.45, 7) is 1.31. The fourth-order valence-corrected chi connectivity index (χ4v) is 2.92. The Bertz CT molecular complexity index is 440. The maximum Gasteiger partial charge on any atom is 0.231 e. The second kappa shape index (κ2) is 4.16. The third-order valence-electron chi connectivity index (χ3n) is 4.24. The van der Waals surface area contributed by atoms with Crippen LogP contribution in [0.25, 0.3) is 0 Å². The van der Waals surface area contributed by atoms with Crippen LogP contribution in [0.4, 0.5) is 0 Å². The quantitative estimate of drug-likeness (QED) is 0.865.